The number of hydrogen-bond acceptors (Lipinski definition) is 4. The molecule has 2 N–H and O–H groups in total. The molecular formula is C26H26F4N2O2. The fourth-order valence-corrected chi connectivity index (χ4v) is 4.53. The highest BCUT2D eigenvalue weighted by Crippen LogP contribution is 2.38. The molecule has 0 radical (unpaired) electrons. The summed E-state index contributed by atoms with van der Waals surface area (Å²) in [6.45, 7) is 0. The minimum Gasteiger partial charge on any atom is -0.506 e. The first-order valence-electron chi connectivity index (χ1n) is 11.2. The van der Waals surface area contributed by atoms with Crippen LogP contribution in [-0.2, 0) is 12.0 Å². The van der Waals surface area contributed by atoms with Crippen molar-refractivity contribution in [2.24, 2.45) is 0 Å². The third kappa shape index (κ3) is 5.33. The van der Waals surface area contributed by atoms with E-state index < -0.39 is 18.1 Å². The van der Waals surface area contributed by atoms with Gasteiger partial charge in [0.2, 0.25) is 0 Å². The van der Waals surface area contributed by atoms with Gasteiger partial charge in [-0.15, -0.1) is 0 Å². The van der Waals surface area contributed by atoms with Crippen molar-refractivity contribution in [3.8, 4) is 11.5 Å². The smallest absolute Gasteiger partial charge is 0.461 e. The largest absolute Gasteiger partial charge is 0.506 e. The van der Waals surface area contributed by atoms with Gasteiger partial charge in [-0.2, -0.15) is 17.6 Å². The maximum atomic E-state index is 13.7. The molecule has 4 rings (SSSR count). The predicted octanol–water partition coefficient (Wildman–Crippen LogP) is 6.04. The van der Waals surface area contributed by atoms with Crippen molar-refractivity contribution in [1.82, 2.24) is 10.3 Å². The lowest BCUT2D eigenvalue weighted by Crippen LogP contribution is -2.50. The van der Waals surface area contributed by atoms with Gasteiger partial charge in [-0.25, -0.2) is 0 Å². The lowest BCUT2D eigenvalue weighted by Gasteiger charge is -2.38. The number of pyridine rings is 1. The molecule has 1 aromatic heterocycles. The summed E-state index contributed by atoms with van der Waals surface area (Å²) in [5.74, 6) is -0.376. The normalized spacial score (nSPS) is 16.5. The molecule has 0 saturated heterocycles. The van der Waals surface area contributed by atoms with E-state index in [-0.39, 0.29) is 17.5 Å². The molecule has 0 bridgehead atoms. The highest BCUT2D eigenvalue weighted by atomic mass is 19.3. The topological polar surface area (TPSA) is 54.4 Å². The Morgan fingerprint density at radius 2 is 1.74 bits per heavy atom. The summed E-state index contributed by atoms with van der Waals surface area (Å²) < 4.78 is 57.3. The van der Waals surface area contributed by atoms with Crippen molar-refractivity contribution in [1.29, 1.82) is 0 Å². The zero-order chi connectivity index (χ0) is 24.2. The van der Waals surface area contributed by atoms with Crippen LogP contribution in [-0.4, -0.2) is 28.7 Å². The number of nitrogens with zero attached hydrogens (tertiary/aromatic N) is 1. The number of alkyl halides is 4. The molecule has 1 atom stereocenters. The zero-order valence-electron chi connectivity index (χ0n) is 18.4. The summed E-state index contributed by atoms with van der Waals surface area (Å²) in [4.78, 5) is 4.48. The van der Waals surface area contributed by atoms with Gasteiger partial charge in [-0.1, -0.05) is 55.3 Å². The maximum Gasteiger partial charge on any atom is 0.461 e. The van der Waals surface area contributed by atoms with Crippen molar-refractivity contribution in [3.63, 3.8) is 0 Å². The average Bonchev–Trinajstić information content (AvgIpc) is 3.32. The first-order chi connectivity index (χ1) is 16.3. The average molecular weight is 474 g/mol. The monoisotopic (exact) mass is 474 g/mol. The molecule has 2 aromatic carbocycles. The summed E-state index contributed by atoms with van der Waals surface area (Å²) in [7, 11) is 0. The fourth-order valence-electron chi connectivity index (χ4n) is 4.53. The van der Waals surface area contributed by atoms with Gasteiger partial charge >= 0.3 is 12.5 Å². The van der Waals surface area contributed by atoms with Crippen molar-refractivity contribution in [2.45, 2.75) is 56.2 Å². The summed E-state index contributed by atoms with van der Waals surface area (Å²) >= 11 is 0. The van der Waals surface area contributed by atoms with E-state index in [2.05, 4.69) is 15.0 Å². The van der Waals surface area contributed by atoms with E-state index >= 15 is 0 Å². The van der Waals surface area contributed by atoms with Crippen LogP contribution >= 0.6 is 0 Å². The maximum absolute atomic E-state index is 13.7. The Kier molecular flexibility index (Phi) is 7.07. The Labute approximate surface area is 195 Å². The van der Waals surface area contributed by atoms with Crippen LogP contribution < -0.4 is 10.1 Å². The minimum atomic E-state index is -4.61. The molecule has 8 heteroatoms. The van der Waals surface area contributed by atoms with Gasteiger partial charge in [0, 0.05) is 12.5 Å². The third-order valence-corrected chi connectivity index (χ3v) is 6.14. The molecule has 1 heterocycles. The van der Waals surface area contributed by atoms with Crippen LogP contribution in [0.25, 0.3) is 0 Å². The van der Waals surface area contributed by atoms with Crippen LogP contribution in [0.15, 0.2) is 72.9 Å². The molecule has 3 aromatic rings. The number of nitrogens with one attached hydrogen (secondary N) is 1. The van der Waals surface area contributed by atoms with Crippen LogP contribution in [0.5, 0.6) is 11.5 Å². The zero-order valence-corrected chi connectivity index (χ0v) is 18.4. The number of aromatic nitrogens is 1. The SMILES string of the molecule is Oc1ccc(C(Cc2ccccc2)(NC2CCCC2)c2cccc(OC(F)(F)C(F)F)c2)nc1. The standard InChI is InChI=1S/C26H26F4N2O2/c27-24(28)26(29,30)34-22-12-6-9-19(15-22)25(32-20-10-4-5-11-20,16-18-7-2-1-3-8-18)23-14-13-21(33)17-31-23/h1-3,6-9,12-15,17,20,24,32-33H,4-5,10-11,16H2. The molecular weight excluding hydrogens is 448 g/mol. The molecule has 1 aliphatic rings. The number of ether oxygens (including phenoxy) is 1. The summed E-state index contributed by atoms with van der Waals surface area (Å²) in [6.07, 6.45) is -2.83. The van der Waals surface area contributed by atoms with E-state index in [0.29, 0.717) is 17.7 Å². The Balaban J connectivity index is 1.84. The van der Waals surface area contributed by atoms with Gasteiger partial charge < -0.3 is 9.84 Å². The van der Waals surface area contributed by atoms with E-state index in [0.717, 1.165) is 31.2 Å². The van der Waals surface area contributed by atoms with Crippen LogP contribution in [0.4, 0.5) is 17.6 Å². The van der Waals surface area contributed by atoms with Crippen molar-refractivity contribution in [2.75, 3.05) is 0 Å². The summed E-state index contributed by atoms with van der Waals surface area (Å²) in [5.41, 5.74) is 1.10. The van der Waals surface area contributed by atoms with Gasteiger partial charge in [-0.3, -0.25) is 10.3 Å². The molecule has 0 aliphatic heterocycles. The van der Waals surface area contributed by atoms with Crippen LogP contribution in [0.2, 0.25) is 0 Å². The molecule has 34 heavy (non-hydrogen) atoms. The predicted molar refractivity (Wildman–Crippen MR) is 120 cm³/mol. The number of halogens is 4. The minimum absolute atomic E-state index is 0.00751. The molecule has 1 fully saturated rings. The first kappa shape index (κ1) is 24.0. The van der Waals surface area contributed by atoms with Crippen LogP contribution in [0.3, 0.4) is 0 Å². The van der Waals surface area contributed by atoms with E-state index in [1.807, 2.05) is 30.3 Å². The van der Waals surface area contributed by atoms with E-state index in [1.54, 1.807) is 12.1 Å². The van der Waals surface area contributed by atoms with Crippen molar-refractivity contribution < 1.29 is 27.4 Å². The van der Waals surface area contributed by atoms with Crippen LogP contribution in [0, 0.1) is 0 Å². The molecule has 180 valence electrons. The van der Waals surface area contributed by atoms with Crippen molar-refractivity contribution in [3.05, 3.63) is 89.7 Å². The van der Waals surface area contributed by atoms with E-state index in [4.69, 9.17) is 0 Å². The first-order valence-corrected chi connectivity index (χ1v) is 11.2. The number of aromatic hydroxyl groups is 1. The highest BCUT2D eigenvalue weighted by Gasteiger charge is 2.44. The van der Waals surface area contributed by atoms with Gasteiger partial charge in [0.05, 0.1) is 17.4 Å². The highest BCUT2D eigenvalue weighted by molar-refractivity contribution is 5.43. The van der Waals surface area contributed by atoms with Crippen LogP contribution in [0.1, 0.15) is 42.5 Å². The Morgan fingerprint density at radius 3 is 2.38 bits per heavy atom. The third-order valence-electron chi connectivity index (χ3n) is 6.14. The van der Waals surface area contributed by atoms with Crippen molar-refractivity contribution >= 4 is 0 Å². The molecule has 0 spiro atoms. The Morgan fingerprint density at radius 1 is 1.00 bits per heavy atom. The number of benzene rings is 2. The van der Waals surface area contributed by atoms with Gasteiger partial charge in [0.15, 0.2) is 0 Å². The van der Waals surface area contributed by atoms with E-state index in [1.165, 1.54) is 30.5 Å². The molecule has 1 saturated carbocycles. The number of rotatable bonds is 9. The number of hydrogen-bond donors (Lipinski definition) is 2. The summed E-state index contributed by atoms with van der Waals surface area (Å²) in [6, 6.07) is 18.8. The molecule has 1 aliphatic carbocycles. The molecule has 4 nitrogen and oxygen atoms in total. The Hall–Kier alpha value is -3.13. The Bertz CT molecular complexity index is 1070. The second-order valence-electron chi connectivity index (χ2n) is 8.59. The molecule has 1 unspecified atom stereocenters. The van der Waals surface area contributed by atoms with E-state index in [9.17, 15) is 22.7 Å². The quantitative estimate of drug-likeness (QED) is 0.371. The van der Waals surface area contributed by atoms with Gasteiger partial charge in [0.1, 0.15) is 11.5 Å². The summed E-state index contributed by atoms with van der Waals surface area (Å²) in [5, 5.41) is 13.5. The lowest BCUT2D eigenvalue weighted by atomic mass is 9.79. The van der Waals surface area contributed by atoms with Gasteiger partial charge in [0.25, 0.3) is 0 Å². The second-order valence-corrected chi connectivity index (χ2v) is 8.59. The van der Waals surface area contributed by atoms with Gasteiger partial charge in [-0.05, 0) is 48.2 Å². The second kappa shape index (κ2) is 10.0. The fraction of sp³-hybridized carbons (Fsp3) is 0.346. The lowest BCUT2D eigenvalue weighted by molar-refractivity contribution is -0.253. The molecule has 0 amide bonds.